The molecule has 0 spiro atoms. The van der Waals surface area contributed by atoms with Crippen LogP contribution in [-0.4, -0.2) is 67.2 Å². The average Bonchev–Trinajstić information content (AvgIpc) is 2.78. The number of pyridine rings is 1. The molecule has 4 rings (SSSR count). The second-order valence-electron chi connectivity index (χ2n) is 8.65. The third-order valence-electron chi connectivity index (χ3n) is 6.25. The maximum atomic E-state index is 12.9. The Balaban J connectivity index is 1.57. The van der Waals surface area contributed by atoms with Gasteiger partial charge in [0.15, 0.2) is 0 Å². The van der Waals surface area contributed by atoms with Crippen molar-refractivity contribution in [3.8, 4) is 0 Å². The average molecular weight is 428 g/mol. The molecule has 3 unspecified atom stereocenters. The molecule has 3 heterocycles. The number of fused-ring (bicyclic) bond motifs is 1. The van der Waals surface area contributed by atoms with Crippen LogP contribution in [0.1, 0.15) is 36.5 Å². The van der Waals surface area contributed by atoms with Gasteiger partial charge in [-0.2, -0.15) is 0 Å². The molecule has 0 radical (unpaired) electrons. The Morgan fingerprint density at radius 1 is 1.32 bits per heavy atom. The summed E-state index contributed by atoms with van der Waals surface area (Å²) in [6.07, 6.45) is 2.44. The van der Waals surface area contributed by atoms with Crippen molar-refractivity contribution in [1.29, 1.82) is 0 Å². The van der Waals surface area contributed by atoms with Crippen molar-refractivity contribution in [3.05, 3.63) is 35.9 Å². The first-order chi connectivity index (χ1) is 15.0. The van der Waals surface area contributed by atoms with E-state index in [0.29, 0.717) is 24.0 Å². The highest BCUT2D eigenvalue weighted by molar-refractivity contribution is 6.02. The lowest BCUT2D eigenvalue weighted by molar-refractivity contribution is 0.0673. The number of carbonyl (C=O) groups is 1. The summed E-state index contributed by atoms with van der Waals surface area (Å²) < 4.78 is 5.46. The standard InChI is InChI=1S/C23H33N5O3/c1-15(24)25-23(30)19-12-16-4-2-3-5-20(16)27-22(19)28-9-6-21(17(13-28)14-29)26-18-7-10-31-11-8-18/h2-5,12,15,17-18,21,26,29H,6-11,13-14,24H2,1H3,(H,25,30). The summed E-state index contributed by atoms with van der Waals surface area (Å²) >= 11 is 0. The third kappa shape index (κ3) is 5.15. The molecule has 2 aliphatic rings. The number of rotatable bonds is 6. The summed E-state index contributed by atoms with van der Waals surface area (Å²) in [7, 11) is 0. The fourth-order valence-corrected chi connectivity index (χ4v) is 4.59. The Morgan fingerprint density at radius 3 is 2.84 bits per heavy atom. The Hall–Kier alpha value is -2.26. The Bertz CT molecular complexity index is 900. The van der Waals surface area contributed by atoms with E-state index < -0.39 is 6.17 Å². The summed E-state index contributed by atoms with van der Waals surface area (Å²) in [6.45, 7) is 4.81. The smallest absolute Gasteiger partial charge is 0.256 e. The van der Waals surface area contributed by atoms with E-state index in [4.69, 9.17) is 15.5 Å². The summed E-state index contributed by atoms with van der Waals surface area (Å²) in [5, 5.41) is 17.6. The number of para-hydroxylation sites is 1. The second kappa shape index (κ2) is 9.91. The number of aliphatic hydroxyl groups is 1. The van der Waals surface area contributed by atoms with Crippen LogP contribution in [0.3, 0.4) is 0 Å². The van der Waals surface area contributed by atoms with E-state index in [1.165, 1.54) is 0 Å². The van der Waals surface area contributed by atoms with Gasteiger partial charge in [-0.3, -0.25) is 4.79 Å². The molecule has 0 aliphatic carbocycles. The number of ether oxygens (including phenoxy) is 1. The van der Waals surface area contributed by atoms with Crippen molar-refractivity contribution in [2.24, 2.45) is 11.7 Å². The van der Waals surface area contributed by atoms with E-state index in [1.54, 1.807) is 6.92 Å². The number of aromatic nitrogens is 1. The molecule has 3 atom stereocenters. The molecule has 5 N–H and O–H groups in total. The van der Waals surface area contributed by atoms with Crippen LogP contribution in [0.5, 0.6) is 0 Å². The number of nitrogens with two attached hydrogens (primary N) is 1. The Kier molecular flexibility index (Phi) is 7.02. The molecule has 2 saturated heterocycles. The minimum atomic E-state index is -0.452. The van der Waals surface area contributed by atoms with Gasteiger partial charge in [-0.05, 0) is 38.3 Å². The fourth-order valence-electron chi connectivity index (χ4n) is 4.59. The monoisotopic (exact) mass is 427 g/mol. The van der Waals surface area contributed by atoms with Crippen LogP contribution < -0.4 is 21.3 Å². The molecule has 1 aromatic heterocycles. The van der Waals surface area contributed by atoms with Gasteiger partial charge in [0.1, 0.15) is 5.82 Å². The number of piperidine rings is 1. The lowest BCUT2D eigenvalue weighted by Gasteiger charge is -2.41. The van der Waals surface area contributed by atoms with E-state index >= 15 is 0 Å². The van der Waals surface area contributed by atoms with Crippen LogP contribution in [0.25, 0.3) is 10.9 Å². The number of aliphatic hydroxyl groups excluding tert-OH is 1. The van der Waals surface area contributed by atoms with Gasteiger partial charge in [0.05, 0.1) is 17.2 Å². The molecule has 2 aliphatic heterocycles. The van der Waals surface area contributed by atoms with Crippen molar-refractivity contribution in [2.75, 3.05) is 37.8 Å². The van der Waals surface area contributed by atoms with Crippen LogP contribution in [0.4, 0.5) is 5.82 Å². The zero-order valence-corrected chi connectivity index (χ0v) is 18.1. The predicted molar refractivity (Wildman–Crippen MR) is 121 cm³/mol. The molecule has 2 aromatic rings. The summed E-state index contributed by atoms with van der Waals surface area (Å²) in [5.41, 5.74) is 7.17. The lowest BCUT2D eigenvalue weighted by Crippen LogP contribution is -2.54. The molecule has 8 heteroatoms. The van der Waals surface area contributed by atoms with Crippen molar-refractivity contribution in [1.82, 2.24) is 15.6 Å². The van der Waals surface area contributed by atoms with Crippen molar-refractivity contribution < 1.29 is 14.6 Å². The zero-order chi connectivity index (χ0) is 21.8. The molecule has 0 saturated carbocycles. The third-order valence-corrected chi connectivity index (χ3v) is 6.25. The van der Waals surface area contributed by atoms with Crippen LogP contribution in [0, 0.1) is 5.92 Å². The van der Waals surface area contributed by atoms with Crippen molar-refractivity contribution in [3.63, 3.8) is 0 Å². The number of hydrogen-bond donors (Lipinski definition) is 4. The number of hydrogen-bond acceptors (Lipinski definition) is 7. The predicted octanol–water partition coefficient (Wildman–Crippen LogP) is 1.23. The quantitative estimate of drug-likeness (QED) is 0.513. The van der Waals surface area contributed by atoms with Crippen molar-refractivity contribution in [2.45, 2.75) is 44.4 Å². The summed E-state index contributed by atoms with van der Waals surface area (Å²) in [5.74, 6) is 0.486. The van der Waals surface area contributed by atoms with Gasteiger partial charge in [-0.1, -0.05) is 18.2 Å². The molecule has 2 fully saturated rings. The maximum absolute atomic E-state index is 12.9. The number of nitrogens with one attached hydrogen (secondary N) is 2. The van der Waals surface area contributed by atoms with Gasteiger partial charge in [-0.15, -0.1) is 0 Å². The SMILES string of the molecule is CC(N)NC(=O)c1cc2ccccc2nc1N1CCC(NC2CCOCC2)C(CO)C1. The molecule has 1 aromatic carbocycles. The van der Waals surface area contributed by atoms with Crippen LogP contribution in [0.15, 0.2) is 30.3 Å². The van der Waals surface area contributed by atoms with Gasteiger partial charge in [0.2, 0.25) is 0 Å². The topological polar surface area (TPSA) is 113 Å². The fraction of sp³-hybridized carbons (Fsp3) is 0.565. The van der Waals surface area contributed by atoms with Crippen LogP contribution >= 0.6 is 0 Å². The first-order valence-corrected chi connectivity index (χ1v) is 11.2. The van der Waals surface area contributed by atoms with Gasteiger partial charge in [0, 0.05) is 56.3 Å². The van der Waals surface area contributed by atoms with E-state index in [1.807, 2.05) is 30.3 Å². The maximum Gasteiger partial charge on any atom is 0.256 e. The molecular formula is C23H33N5O3. The van der Waals surface area contributed by atoms with E-state index in [-0.39, 0.29) is 24.5 Å². The Labute approximate surface area is 183 Å². The number of benzene rings is 1. The minimum Gasteiger partial charge on any atom is -0.396 e. The highest BCUT2D eigenvalue weighted by atomic mass is 16.5. The van der Waals surface area contributed by atoms with Gasteiger partial charge in [0.25, 0.3) is 5.91 Å². The highest BCUT2D eigenvalue weighted by Crippen LogP contribution is 2.29. The minimum absolute atomic E-state index is 0.0641. The summed E-state index contributed by atoms with van der Waals surface area (Å²) in [6, 6.07) is 10.4. The molecular weight excluding hydrogens is 394 g/mol. The Morgan fingerprint density at radius 2 is 2.10 bits per heavy atom. The zero-order valence-electron chi connectivity index (χ0n) is 18.1. The van der Waals surface area contributed by atoms with Crippen LogP contribution in [0.2, 0.25) is 0 Å². The normalized spacial score (nSPS) is 23.6. The molecule has 31 heavy (non-hydrogen) atoms. The van der Waals surface area contributed by atoms with Crippen molar-refractivity contribution >= 4 is 22.6 Å². The molecule has 1 amide bonds. The first kappa shape index (κ1) is 22.0. The van der Waals surface area contributed by atoms with E-state index in [2.05, 4.69) is 15.5 Å². The van der Waals surface area contributed by atoms with Gasteiger partial charge in [-0.25, -0.2) is 4.98 Å². The van der Waals surface area contributed by atoms with E-state index in [9.17, 15) is 9.90 Å². The number of anilines is 1. The molecule has 0 bridgehead atoms. The first-order valence-electron chi connectivity index (χ1n) is 11.2. The molecule has 8 nitrogen and oxygen atoms in total. The van der Waals surface area contributed by atoms with Gasteiger partial charge < -0.3 is 31.1 Å². The highest BCUT2D eigenvalue weighted by Gasteiger charge is 2.33. The summed E-state index contributed by atoms with van der Waals surface area (Å²) in [4.78, 5) is 19.9. The van der Waals surface area contributed by atoms with E-state index in [0.717, 1.165) is 49.9 Å². The van der Waals surface area contributed by atoms with Crippen LogP contribution in [-0.2, 0) is 4.74 Å². The number of carbonyl (C=O) groups excluding carboxylic acids is 1. The second-order valence-corrected chi connectivity index (χ2v) is 8.65. The molecule has 168 valence electrons. The number of amides is 1. The van der Waals surface area contributed by atoms with Gasteiger partial charge >= 0.3 is 0 Å². The largest absolute Gasteiger partial charge is 0.396 e. The number of nitrogens with zero attached hydrogens (tertiary/aromatic N) is 2. The lowest BCUT2D eigenvalue weighted by atomic mass is 9.91.